The molecule has 4 heteroatoms. The van der Waals surface area contributed by atoms with Crippen molar-refractivity contribution in [1.82, 2.24) is 0 Å². The van der Waals surface area contributed by atoms with E-state index in [2.05, 4.69) is 0 Å². The van der Waals surface area contributed by atoms with Gasteiger partial charge in [-0.25, -0.2) is 0 Å². The predicted molar refractivity (Wildman–Crippen MR) is 63.2 cm³/mol. The van der Waals surface area contributed by atoms with Crippen molar-refractivity contribution in [1.29, 1.82) is 5.26 Å². The molecule has 2 nitrogen and oxygen atoms in total. The highest BCUT2D eigenvalue weighted by atomic mass is 35.5. The second kappa shape index (κ2) is 4.89. The number of thioether (sulfide) groups is 1. The van der Waals surface area contributed by atoms with Crippen LogP contribution in [0.4, 0.5) is 0 Å². The molecule has 80 valence electrons. The Hall–Kier alpha value is -0.690. The van der Waals surface area contributed by atoms with Crippen molar-refractivity contribution in [3.05, 3.63) is 28.8 Å². The van der Waals surface area contributed by atoms with Gasteiger partial charge in [0.1, 0.15) is 0 Å². The second-order valence-corrected chi connectivity index (χ2v) is 5.28. The zero-order chi connectivity index (χ0) is 11.5. The topological polar surface area (TPSA) is 44.0 Å². The summed E-state index contributed by atoms with van der Waals surface area (Å²) in [5, 5.41) is 18.8. The maximum atomic E-state index is 9.55. The van der Waals surface area contributed by atoms with Gasteiger partial charge in [0.15, 0.2) is 0 Å². The number of hydrogen-bond acceptors (Lipinski definition) is 3. The van der Waals surface area contributed by atoms with E-state index >= 15 is 0 Å². The van der Waals surface area contributed by atoms with Crippen molar-refractivity contribution in [3.63, 3.8) is 0 Å². The Morgan fingerprint density at radius 3 is 2.67 bits per heavy atom. The van der Waals surface area contributed by atoms with Crippen molar-refractivity contribution in [3.8, 4) is 6.07 Å². The zero-order valence-electron chi connectivity index (χ0n) is 8.62. The summed E-state index contributed by atoms with van der Waals surface area (Å²) < 4.78 is 0. The molecule has 0 amide bonds. The summed E-state index contributed by atoms with van der Waals surface area (Å²) >= 11 is 7.47. The minimum Gasteiger partial charge on any atom is -0.390 e. The molecule has 1 rings (SSSR count). The Morgan fingerprint density at radius 1 is 1.53 bits per heavy atom. The highest BCUT2D eigenvalue weighted by molar-refractivity contribution is 7.99. The van der Waals surface area contributed by atoms with E-state index in [1.165, 1.54) is 11.8 Å². The summed E-state index contributed by atoms with van der Waals surface area (Å²) in [4.78, 5) is 0.887. The fourth-order valence-corrected chi connectivity index (χ4v) is 2.16. The van der Waals surface area contributed by atoms with E-state index in [1.807, 2.05) is 6.07 Å². The van der Waals surface area contributed by atoms with Gasteiger partial charge in [-0.15, -0.1) is 11.8 Å². The second-order valence-electron chi connectivity index (χ2n) is 3.86. The first-order valence-electron chi connectivity index (χ1n) is 4.47. The molecule has 0 aromatic heterocycles. The maximum Gasteiger partial charge on any atom is 0.0992 e. The van der Waals surface area contributed by atoms with Gasteiger partial charge in [0.05, 0.1) is 22.3 Å². The number of nitriles is 1. The van der Waals surface area contributed by atoms with Gasteiger partial charge in [-0.2, -0.15) is 5.26 Å². The molecule has 1 aromatic rings. The van der Waals surface area contributed by atoms with Crippen LogP contribution in [0.2, 0.25) is 5.02 Å². The fraction of sp³-hybridized carbons (Fsp3) is 0.364. The average molecular weight is 242 g/mol. The molecule has 0 aliphatic carbocycles. The van der Waals surface area contributed by atoms with Crippen molar-refractivity contribution in [2.24, 2.45) is 0 Å². The number of aliphatic hydroxyl groups is 1. The van der Waals surface area contributed by atoms with Gasteiger partial charge in [0, 0.05) is 10.6 Å². The molecule has 0 saturated heterocycles. The van der Waals surface area contributed by atoms with Gasteiger partial charge in [-0.05, 0) is 32.0 Å². The normalized spacial score (nSPS) is 11.1. The molecule has 0 saturated carbocycles. The molecule has 1 N–H and O–H groups in total. The smallest absolute Gasteiger partial charge is 0.0992 e. The summed E-state index contributed by atoms with van der Waals surface area (Å²) in [5.74, 6) is 0.568. The summed E-state index contributed by atoms with van der Waals surface area (Å²) in [6, 6.07) is 7.18. The SMILES string of the molecule is CC(C)(O)CSc1ccc(C#N)cc1Cl. The third-order valence-corrected chi connectivity index (χ3v) is 3.58. The summed E-state index contributed by atoms with van der Waals surface area (Å²) in [6.07, 6.45) is 0. The quantitative estimate of drug-likeness (QED) is 0.828. The zero-order valence-corrected chi connectivity index (χ0v) is 10.2. The van der Waals surface area contributed by atoms with E-state index in [4.69, 9.17) is 16.9 Å². The molecule has 0 fully saturated rings. The van der Waals surface area contributed by atoms with Crippen molar-refractivity contribution in [2.75, 3.05) is 5.75 Å². The van der Waals surface area contributed by atoms with Crippen LogP contribution in [0.5, 0.6) is 0 Å². The third-order valence-electron chi connectivity index (χ3n) is 1.64. The minimum atomic E-state index is -0.720. The fourth-order valence-electron chi connectivity index (χ4n) is 0.942. The first-order valence-corrected chi connectivity index (χ1v) is 5.83. The largest absolute Gasteiger partial charge is 0.390 e. The van der Waals surface area contributed by atoms with Gasteiger partial charge in [-0.1, -0.05) is 11.6 Å². The van der Waals surface area contributed by atoms with Gasteiger partial charge >= 0.3 is 0 Å². The van der Waals surface area contributed by atoms with Crippen LogP contribution in [-0.2, 0) is 0 Å². The van der Waals surface area contributed by atoms with Crippen molar-refractivity contribution < 1.29 is 5.11 Å². The Kier molecular flexibility index (Phi) is 4.04. The Bertz CT molecular complexity index is 393. The lowest BCUT2D eigenvalue weighted by molar-refractivity contribution is 0.107. The first-order chi connectivity index (χ1) is 6.92. The van der Waals surface area contributed by atoms with Crippen LogP contribution in [0.25, 0.3) is 0 Å². The van der Waals surface area contributed by atoms with E-state index < -0.39 is 5.60 Å². The van der Waals surface area contributed by atoms with Crippen LogP contribution in [0, 0.1) is 11.3 Å². The van der Waals surface area contributed by atoms with E-state index in [-0.39, 0.29) is 0 Å². The van der Waals surface area contributed by atoms with Gasteiger partial charge in [-0.3, -0.25) is 0 Å². The highest BCUT2D eigenvalue weighted by Crippen LogP contribution is 2.29. The molecule has 0 heterocycles. The number of rotatable bonds is 3. The van der Waals surface area contributed by atoms with E-state index in [1.54, 1.807) is 32.0 Å². The van der Waals surface area contributed by atoms with Crippen LogP contribution in [0.3, 0.4) is 0 Å². The van der Waals surface area contributed by atoms with Crippen LogP contribution < -0.4 is 0 Å². The van der Waals surface area contributed by atoms with Crippen molar-refractivity contribution >= 4 is 23.4 Å². The van der Waals surface area contributed by atoms with Crippen LogP contribution in [-0.4, -0.2) is 16.5 Å². The lowest BCUT2D eigenvalue weighted by atomic mass is 10.2. The minimum absolute atomic E-state index is 0.549. The lowest BCUT2D eigenvalue weighted by Gasteiger charge is -2.16. The van der Waals surface area contributed by atoms with E-state index in [9.17, 15) is 5.11 Å². The molecule has 0 bridgehead atoms. The summed E-state index contributed by atoms with van der Waals surface area (Å²) in [6.45, 7) is 3.50. The number of benzene rings is 1. The molecular formula is C11H12ClNOS. The van der Waals surface area contributed by atoms with E-state index in [0.29, 0.717) is 16.3 Å². The van der Waals surface area contributed by atoms with Crippen LogP contribution >= 0.6 is 23.4 Å². The Morgan fingerprint density at radius 2 is 2.20 bits per heavy atom. The Balaban J connectivity index is 2.76. The van der Waals surface area contributed by atoms with Crippen LogP contribution in [0.15, 0.2) is 23.1 Å². The molecule has 0 atom stereocenters. The molecule has 0 radical (unpaired) electrons. The van der Waals surface area contributed by atoms with Gasteiger partial charge in [0.2, 0.25) is 0 Å². The third kappa shape index (κ3) is 4.13. The standard InChI is InChI=1S/C11H12ClNOS/c1-11(2,14)7-15-10-4-3-8(6-13)5-9(10)12/h3-5,14H,7H2,1-2H3. The summed E-state index contributed by atoms with van der Waals surface area (Å²) in [5.41, 5.74) is -0.172. The average Bonchev–Trinajstić information content (AvgIpc) is 2.14. The molecule has 0 unspecified atom stereocenters. The van der Waals surface area contributed by atoms with Gasteiger partial charge < -0.3 is 5.11 Å². The maximum absolute atomic E-state index is 9.55. The van der Waals surface area contributed by atoms with Crippen molar-refractivity contribution in [2.45, 2.75) is 24.3 Å². The molecule has 0 aliphatic rings. The molecule has 15 heavy (non-hydrogen) atoms. The lowest BCUT2D eigenvalue weighted by Crippen LogP contribution is -2.21. The number of hydrogen-bond donors (Lipinski definition) is 1. The van der Waals surface area contributed by atoms with E-state index in [0.717, 1.165) is 4.90 Å². The molecular weight excluding hydrogens is 230 g/mol. The Labute approximate surface area is 98.9 Å². The predicted octanol–water partition coefficient (Wildman–Crippen LogP) is 3.07. The number of nitrogens with zero attached hydrogens (tertiary/aromatic N) is 1. The molecule has 0 aliphatic heterocycles. The molecule has 1 aromatic carbocycles. The first kappa shape index (κ1) is 12.4. The number of halogens is 1. The van der Waals surface area contributed by atoms with Gasteiger partial charge in [0.25, 0.3) is 0 Å². The molecule has 0 spiro atoms. The summed E-state index contributed by atoms with van der Waals surface area (Å²) in [7, 11) is 0. The van der Waals surface area contributed by atoms with Crippen LogP contribution in [0.1, 0.15) is 19.4 Å². The monoisotopic (exact) mass is 241 g/mol. The highest BCUT2D eigenvalue weighted by Gasteiger charge is 2.14.